The van der Waals surface area contributed by atoms with Crippen molar-refractivity contribution in [2.75, 3.05) is 0 Å². The zero-order valence-electron chi connectivity index (χ0n) is 11.0. The predicted molar refractivity (Wildman–Crippen MR) is 64.6 cm³/mol. The van der Waals surface area contributed by atoms with Crippen LogP contribution < -0.4 is 10.6 Å². The first kappa shape index (κ1) is 13.8. The van der Waals surface area contributed by atoms with E-state index in [0.717, 1.165) is 12.8 Å². The Labute approximate surface area is 102 Å². The summed E-state index contributed by atoms with van der Waals surface area (Å²) in [7, 11) is 0. The van der Waals surface area contributed by atoms with E-state index >= 15 is 0 Å². The summed E-state index contributed by atoms with van der Waals surface area (Å²) < 4.78 is 5.13. The smallest absolute Gasteiger partial charge is 0.408 e. The molecule has 2 atom stereocenters. The van der Waals surface area contributed by atoms with Crippen LogP contribution in [0.3, 0.4) is 0 Å². The minimum Gasteiger partial charge on any atom is -0.444 e. The molecule has 0 aromatic rings. The minimum absolute atomic E-state index is 0.124. The maximum absolute atomic E-state index is 11.7. The van der Waals surface area contributed by atoms with Gasteiger partial charge in [0.15, 0.2) is 0 Å². The molecule has 1 saturated heterocycles. The Kier molecular flexibility index (Phi) is 4.37. The second-order valence-corrected chi connectivity index (χ2v) is 5.54. The molecule has 5 heteroatoms. The maximum atomic E-state index is 11.7. The molecule has 1 aliphatic rings. The van der Waals surface area contributed by atoms with Crippen molar-refractivity contribution >= 4 is 12.0 Å². The van der Waals surface area contributed by atoms with Crippen LogP contribution in [0.4, 0.5) is 4.79 Å². The fraction of sp³-hybridized carbons (Fsp3) is 0.833. The Bertz CT molecular complexity index is 297. The highest BCUT2D eigenvalue weighted by Crippen LogP contribution is 2.11. The summed E-state index contributed by atoms with van der Waals surface area (Å²) in [6, 6.07) is -0.303. The van der Waals surface area contributed by atoms with Crippen LogP contribution in [0, 0.1) is 0 Å². The van der Waals surface area contributed by atoms with Gasteiger partial charge in [-0.25, -0.2) is 4.79 Å². The number of amides is 2. The third-order valence-electron chi connectivity index (χ3n) is 2.53. The Morgan fingerprint density at radius 3 is 2.65 bits per heavy atom. The number of rotatable bonds is 1. The molecule has 5 nitrogen and oxygen atoms in total. The third-order valence-corrected chi connectivity index (χ3v) is 2.53. The van der Waals surface area contributed by atoms with Gasteiger partial charge in [0.2, 0.25) is 5.91 Å². The van der Waals surface area contributed by atoms with Crippen LogP contribution in [0.25, 0.3) is 0 Å². The first-order valence-electron chi connectivity index (χ1n) is 6.08. The highest BCUT2D eigenvalue weighted by molar-refractivity contribution is 5.86. The molecule has 0 saturated carbocycles. The Hall–Kier alpha value is -1.26. The number of alkyl carbamates (subject to hydrolysis) is 1. The molecule has 0 spiro atoms. The van der Waals surface area contributed by atoms with Gasteiger partial charge in [0.1, 0.15) is 11.6 Å². The standard InChI is InChI=1S/C12H22N2O3/c1-8-6-5-7-9(10(15)13-8)14-11(16)17-12(2,3)4/h8-9H,5-7H2,1-4H3,(H,13,15)(H,14,16)/t8?,9-/m0/s1. The minimum atomic E-state index is -0.543. The number of carbonyl (C=O) groups excluding carboxylic acids is 2. The van der Waals surface area contributed by atoms with Crippen molar-refractivity contribution in [3.8, 4) is 0 Å². The van der Waals surface area contributed by atoms with Gasteiger partial charge in [0.05, 0.1) is 0 Å². The average Bonchev–Trinajstić information content (AvgIpc) is 2.25. The normalized spacial score (nSPS) is 25.8. The van der Waals surface area contributed by atoms with E-state index < -0.39 is 17.7 Å². The summed E-state index contributed by atoms with van der Waals surface area (Å²) in [5.74, 6) is -0.124. The molecule has 1 unspecified atom stereocenters. The SMILES string of the molecule is CC1CCC[C@H](NC(=O)OC(C)(C)C)C(=O)N1. The fourth-order valence-corrected chi connectivity index (χ4v) is 1.76. The molecule has 0 aromatic heterocycles. The molecule has 0 bridgehead atoms. The summed E-state index contributed by atoms with van der Waals surface area (Å²) in [5.41, 5.74) is -0.543. The Morgan fingerprint density at radius 1 is 1.41 bits per heavy atom. The quantitative estimate of drug-likeness (QED) is 0.733. The van der Waals surface area contributed by atoms with Crippen LogP contribution in [-0.2, 0) is 9.53 Å². The van der Waals surface area contributed by atoms with Gasteiger partial charge in [-0.1, -0.05) is 0 Å². The molecule has 1 aliphatic heterocycles. The topological polar surface area (TPSA) is 67.4 Å². The number of hydrogen-bond donors (Lipinski definition) is 2. The van der Waals surface area contributed by atoms with Crippen LogP contribution in [0.15, 0.2) is 0 Å². The number of carbonyl (C=O) groups is 2. The molecule has 0 aromatic carbocycles. The van der Waals surface area contributed by atoms with Crippen molar-refractivity contribution in [2.24, 2.45) is 0 Å². The van der Waals surface area contributed by atoms with E-state index in [1.807, 2.05) is 6.92 Å². The number of nitrogens with one attached hydrogen (secondary N) is 2. The van der Waals surface area contributed by atoms with Crippen molar-refractivity contribution < 1.29 is 14.3 Å². The lowest BCUT2D eigenvalue weighted by Crippen LogP contribution is -2.48. The number of hydrogen-bond acceptors (Lipinski definition) is 3. The highest BCUT2D eigenvalue weighted by atomic mass is 16.6. The molecule has 1 heterocycles. The van der Waals surface area contributed by atoms with Crippen molar-refractivity contribution in [1.82, 2.24) is 10.6 Å². The average molecular weight is 242 g/mol. The summed E-state index contributed by atoms with van der Waals surface area (Å²) in [6.07, 6.45) is 1.99. The Morgan fingerprint density at radius 2 is 2.06 bits per heavy atom. The van der Waals surface area contributed by atoms with E-state index in [0.29, 0.717) is 6.42 Å². The van der Waals surface area contributed by atoms with Crippen molar-refractivity contribution in [1.29, 1.82) is 0 Å². The van der Waals surface area contributed by atoms with Crippen LogP contribution >= 0.6 is 0 Å². The molecule has 17 heavy (non-hydrogen) atoms. The first-order chi connectivity index (χ1) is 7.78. The lowest BCUT2D eigenvalue weighted by atomic mass is 10.1. The predicted octanol–water partition coefficient (Wildman–Crippen LogP) is 1.57. The van der Waals surface area contributed by atoms with E-state index in [4.69, 9.17) is 4.74 Å². The van der Waals surface area contributed by atoms with E-state index in [1.54, 1.807) is 20.8 Å². The van der Waals surface area contributed by atoms with Gasteiger partial charge in [-0.05, 0) is 47.0 Å². The fourth-order valence-electron chi connectivity index (χ4n) is 1.76. The molecule has 1 rings (SSSR count). The molecule has 2 N–H and O–H groups in total. The highest BCUT2D eigenvalue weighted by Gasteiger charge is 2.26. The van der Waals surface area contributed by atoms with E-state index in [-0.39, 0.29) is 11.9 Å². The van der Waals surface area contributed by atoms with E-state index in [9.17, 15) is 9.59 Å². The van der Waals surface area contributed by atoms with Gasteiger partial charge < -0.3 is 15.4 Å². The summed E-state index contributed by atoms with van der Waals surface area (Å²) >= 11 is 0. The van der Waals surface area contributed by atoms with E-state index in [1.165, 1.54) is 0 Å². The lowest BCUT2D eigenvalue weighted by Gasteiger charge is -2.22. The number of ether oxygens (including phenoxy) is 1. The van der Waals surface area contributed by atoms with Crippen LogP contribution in [-0.4, -0.2) is 29.7 Å². The largest absolute Gasteiger partial charge is 0.444 e. The second kappa shape index (κ2) is 5.38. The third kappa shape index (κ3) is 5.06. The molecule has 98 valence electrons. The lowest BCUT2D eigenvalue weighted by molar-refractivity contribution is -0.123. The second-order valence-electron chi connectivity index (χ2n) is 5.54. The van der Waals surface area contributed by atoms with Gasteiger partial charge in [-0.2, -0.15) is 0 Å². The maximum Gasteiger partial charge on any atom is 0.408 e. The zero-order valence-corrected chi connectivity index (χ0v) is 11.0. The van der Waals surface area contributed by atoms with Crippen molar-refractivity contribution in [3.63, 3.8) is 0 Å². The van der Waals surface area contributed by atoms with Crippen molar-refractivity contribution in [2.45, 2.75) is 64.6 Å². The zero-order chi connectivity index (χ0) is 13.1. The van der Waals surface area contributed by atoms with Crippen LogP contribution in [0.5, 0.6) is 0 Å². The molecule has 0 radical (unpaired) electrons. The molecule has 2 amide bonds. The van der Waals surface area contributed by atoms with Gasteiger partial charge in [-0.3, -0.25) is 4.79 Å². The van der Waals surface area contributed by atoms with Gasteiger partial charge >= 0.3 is 6.09 Å². The molecular weight excluding hydrogens is 220 g/mol. The molecule has 1 fully saturated rings. The summed E-state index contributed by atoms with van der Waals surface area (Å²) in [5, 5.41) is 5.46. The van der Waals surface area contributed by atoms with Gasteiger partial charge in [-0.15, -0.1) is 0 Å². The first-order valence-corrected chi connectivity index (χ1v) is 6.08. The van der Waals surface area contributed by atoms with E-state index in [2.05, 4.69) is 10.6 Å². The monoisotopic (exact) mass is 242 g/mol. The Balaban J connectivity index is 2.50. The summed E-state index contributed by atoms with van der Waals surface area (Å²) in [6.45, 7) is 7.35. The van der Waals surface area contributed by atoms with Crippen molar-refractivity contribution in [3.05, 3.63) is 0 Å². The molecular formula is C12H22N2O3. The van der Waals surface area contributed by atoms with Crippen LogP contribution in [0.1, 0.15) is 47.0 Å². The van der Waals surface area contributed by atoms with Crippen LogP contribution in [0.2, 0.25) is 0 Å². The van der Waals surface area contributed by atoms with Gasteiger partial charge in [0.25, 0.3) is 0 Å². The summed E-state index contributed by atoms with van der Waals surface area (Å²) in [4.78, 5) is 23.3. The van der Waals surface area contributed by atoms with Gasteiger partial charge in [0, 0.05) is 6.04 Å². The molecule has 0 aliphatic carbocycles.